The molecule has 2 aliphatic rings. The number of hydrogen-bond acceptors (Lipinski definition) is 4. The molecule has 4 heteroatoms. The van der Waals surface area contributed by atoms with E-state index in [1.807, 2.05) is 27.7 Å². The Labute approximate surface area is 335 Å². The van der Waals surface area contributed by atoms with Crippen LogP contribution < -0.4 is 22.1 Å². The van der Waals surface area contributed by atoms with Crippen molar-refractivity contribution in [2.75, 3.05) is 12.0 Å². The van der Waals surface area contributed by atoms with Crippen LogP contribution in [0.3, 0.4) is 0 Å². The number of fused-ring (bicyclic) bond motifs is 1. The Morgan fingerprint density at radius 1 is 0.768 bits per heavy atom. The Hall–Kier alpha value is -5.78. The minimum Gasteiger partial charge on any atom is -0.355 e. The van der Waals surface area contributed by atoms with Gasteiger partial charge in [-0.15, -0.1) is 0 Å². The SMILES string of the molecule is C=C(c1ccccc1/C=C\C)c1c(Nc2ccc(C3(c4ccccc4)NC3c3ccccc3)cc2)cc(-c2ccccc2)c2c1CCC=C2.CC.CC.NCN. The Morgan fingerprint density at radius 3 is 1.98 bits per heavy atom. The van der Waals surface area contributed by atoms with Gasteiger partial charge in [0.1, 0.15) is 0 Å². The lowest BCUT2D eigenvalue weighted by Gasteiger charge is -2.26. The van der Waals surface area contributed by atoms with Gasteiger partial charge in [-0.25, -0.2) is 0 Å². The number of allylic oxidation sites excluding steroid dienone is 2. The second kappa shape index (κ2) is 20.2. The van der Waals surface area contributed by atoms with Crippen LogP contribution in [0.4, 0.5) is 11.4 Å². The van der Waals surface area contributed by atoms with Gasteiger partial charge in [0.25, 0.3) is 0 Å². The first-order valence-corrected chi connectivity index (χ1v) is 20.1. The molecule has 0 aromatic heterocycles. The highest BCUT2D eigenvalue weighted by Gasteiger charge is 2.56. The smallest absolute Gasteiger partial charge is 0.0894 e. The highest BCUT2D eigenvalue weighted by atomic mass is 15.2. The van der Waals surface area contributed by atoms with Crippen molar-refractivity contribution in [1.29, 1.82) is 0 Å². The van der Waals surface area contributed by atoms with E-state index in [0.29, 0.717) is 0 Å². The Bertz CT molecular complexity index is 2200. The van der Waals surface area contributed by atoms with Crippen molar-refractivity contribution >= 4 is 29.1 Å². The van der Waals surface area contributed by atoms with Crippen molar-refractivity contribution in [3.8, 4) is 11.1 Å². The number of hydrogen-bond donors (Lipinski definition) is 4. The van der Waals surface area contributed by atoms with Crippen LogP contribution in [-0.2, 0) is 12.0 Å². The van der Waals surface area contributed by atoms with Crippen LogP contribution in [0.15, 0.2) is 164 Å². The molecule has 6 N–H and O–H groups in total. The van der Waals surface area contributed by atoms with Gasteiger partial charge < -0.3 is 16.8 Å². The van der Waals surface area contributed by atoms with Crippen LogP contribution >= 0.6 is 0 Å². The molecule has 6 aromatic rings. The van der Waals surface area contributed by atoms with E-state index in [1.165, 1.54) is 50.1 Å². The molecule has 0 bridgehead atoms. The predicted octanol–water partition coefficient (Wildman–Crippen LogP) is 12.7. The Morgan fingerprint density at radius 2 is 1.34 bits per heavy atom. The average Bonchev–Trinajstić information content (AvgIpc) is 4.03. The maximum absolute atomic E-state index is 4.77. The molecular formula is C52H58N4. The van der Waals surface area contributed by atoms with E-state index in [4.69, 9.17) is 6.58 Å². The number of benzene rings is 6. The Balaban J connectivity index is 0.000000807. The second-order valence-corrected chi connectivity index (χ2v) is 13.2. The standard InChI is InChI=1S/C47H40N2.2C2H6.CH6N2/c1-3-17-34-20-13-14-25-40(34)33(2)45-42-27-16-15-26-41(42)43(35-18-7-4-8-19-35)32-44(45)48-39-30-28-38(29-31-39)47(37-23-11-6-12-24-37)46(49-47)36-21-9-5-10-22-36;2*1-2;2-1-3/h3-15,17-26,28-32,46,48-49H,2,16,27H2,1H3;2*1-2H3;1-3H2/b17-3-;;;. The quantitative estimate of drug-likeness (QED) is 0.0879. The summed E-state index contributed by atoms with van der Waals surface area (Å²) in [6.45, 7) is 15.1. The zero-order valence-electron chi connectivity index (χ0n) is 33.7. The molecular weight excluding hydrogens is 681 g/mol. The molecule has 1 saturated heterocycles. The largest absolute Gasteiger partial charge is 0.355 e. The topological polar surface area (TPSA) is 86.0 Å². The molecule has 0 radical (unpaired) electrons. The first-order valence-electron chi connectivity index (χ1n) is 20.1. The van der Waals surface area contributed by atoms with Crippen molar-refractivity contribution in [1.82, 2.24) is 5.32 Å². The highest BCUT2D eigenvalue weighted by Crippen LogP contribution is 2.53. The van der Waals surface area contributed by atoms with Crippen molar-refractivity contribution in [2.24, 2.45) is 11.5 Å². The fourth-order valence-corrected chi connectivity index (χ4v) is 7.67. The fourth-order valence-electron chi connectivity index (χ4n) is 7.67. The summed E-state index contributed by atoms with van der Waals surface area (Å²) < 4.78 is 0. The minimum atomic E-state index is -0.268. The summed E-state index contributed by atoms with van der Waals surface area (Å²) in [5.41, 5.74) is 24.6. The minimum absolute atomic E-state index is 0.212. The molecule has 1 heterocycles. The maximum Gasteiger partial charge on any atom is 0.0894 e. The van der Waals surface area contributed by atoms with Crippen LogP contribution in [0, 0.1) is 0 Å². The van der Waals surface area contributed by atoms with Gasteiger partial charge in [-0.3, -0.25) is 5.32 Å². The van der Waals surface area contributed by atoms with E-state index in [0.717, 1.165) is 35.4 Å². The first kappa shape index (κ1) is 41.4. The summed E-state index contributed by atoms with van der Waals surface area (Å²) in [7, 11) is 0. The summed E-state index contributed by atoms with van der Waals surface area (Å²) in [6, 6.07) is 52.5. The molecule has 2 atom stereocenters. The van der Waals surface area contributed by atoms with Gasteiger partial charge in [-0.2, -0.15) is 0 Å². The van der Waals surface area contributed by atoms with Crippen LogP contribution in [0.1, 0.15) is 91.6 Å². The third kappa shape index (κ3) is 8.85. The number of nitrogens with two attached hydrogens (primary N) is 2. The molecule has 0 saturated carbocycles. The molecule has 1 fully saturated rings. The first-order chi connectivity index (χ1) is 27.6. The number of nitrogens with one attached hydrogen (secondary N) is 2. The zero-order valence-corrected chi connectivity index (χ0v) is 33.7. The Kier molecular flexibility index (Phi) is 14.9. The third-order valence-electron chi connectivity index (χ3n) is 10.0. The molecule has 2 unspecified atom stereocenters. The van der Waals surface area contributed by atoms with Gasteiger partial charge in [0.2, 0.25) is 0 Å². The van der Waals surface area contributed by atoms with Crippen LogP contribution in [0.5, 0.6) is 0 Å². The molecule has 6 aromatic carbocycles. The molecule has 1 aliphatic carbocycles. The molecule has 0 amide bonds. The molecule has 0 spiro atoms. The van der Waals surface area contributed by atoms with E-state index in [1.54, 1.807) is 0 Å². The van der Waals surface area contributed by atoms with Crippen LogP contribution in [0.2, 0.25) is 0 Å². The summed E-state index contributed by atoms with van der Waals surface area (Å²) in [5, 5.41) is 7.77. The van der Waals surface area contributed by atoms with E-state index >= 15 is 0 Å². The van der Waals surface area contributed by atoms with Gasteiger partial charge in [0, 0.05) is 23.6 Å². The fraction of sp³-hybridized carbons (Fsp3) is 0.192. The van der Waals surface area contributed by atoms with Gasteiger partial charge in [-0.1, -0.05) is 186 Å². The van der Waals surface area contributed by atoms with Gasteiger partial charge in [-0.05, 0) is 93.6 Å². The summed E-state index contributed by atoms with van der Waals surface area (Å²) in [5.74, 6) is 0. The van der Waals surface area contributed by atoms with Gasteiger partial charge >= 0.3 is 0 Å². The van der Waals surface area contributed by atoms with E-state index in [-0.39, 0.29) is 18.2 Å². The van der Waals surface area contributed by atoms with Crippen molar-refractivity contribution in [2.45, 2.75) is 59.0 Å². The van der Waals surface area contributed by atoms with E-state index in [2.05, 4.69) is 199 Å². The van der Waals surface area contributed by atoms with Crippen LogP contribution in [-0.4, -0.2) is 6.67 Å². The maximum atomic E-state index is 4.77. The number of anilines is 2. The lowest BCUT2D eigenvalue weighted by Crippen LogP contribution is -2.15. The van der Waals surface area contributed by atoms with Crippen molar-refractivity contribution in [3.63, 3.8) is 0 Å². The second-order valence-electron chi connectivity index (χ2n) is 13.2. The molecule has 1 aliphatic heterocycles. The molecule has 286 valence electrons. The molecule has 8 rings (SSSR count). The van der Waals surface area contributed by atoms with Gasteiger partial charge in [0.15, 0.2) is 0 Å². The number of rotatable bonds is 9. The summed E-state index contributed by atoms with van der Waals surface area (Å²) >= 11 is 0. The van der Waals surface area contributed by atoms with E-state index in [9.17, 15) is 0 Å². The van der Waals surface area contributed by atoms with Gasteiger partial charge in [0.05, 0.1) is 11.6 Å². The summed E-state index contributed by atoms with van der Waals surface area (Å²) in [6.07, 6.45) is 10.9. The van der Waals surface area contributed by atoms with E-state index < -0.39 is 0 Å². The normalized spacial score (nSPS) is 16.2. The lowest BCUT2D eigenvalue weighted by atomic mass is 9.81. The third-order valence-corrected chi connectivity index (χ3v) is 10.0. The predicted molar refractivity (Wildman–Crippen MR) is 244 cm³/mol. The molecule has 56 heavy (non-hydrogen) atoms. The monoisotopic (exact) mass is 738 g/mol. The van der Waals surface area contributed by atoms with Crippen molar-refractivity contribution in [3.05, 3.63) is 209 Å². The highest BCUT2D eigenvalue weighted by molar-refractivity contribution is 5.96. The molecule has 4 nitrogen and oxygen atoms in total. The van der Waals surface area contributed by atoms with Crippen LogP contribution in [0.25, 0.3) is 28.9 Å². The zero-order chi connectivity index (χ0) is 39.9. The lowest BCUT2D eigenvalue weighted by molar-refractivity contribution is 0.787. The average molecular weight is 739 g/mol. The summed E-state index contributed by atoms with van der Waals surface area (Å²) in [4.78, 5) is 0. The van der Waals surface area contributed by atoms with Crippen molar-refractivity contribution < 1.29 is 0 Å².